The molecule has 0 saturated carbocycles. The number of nitrogens with zero attached hydrogens (tertiary/aromatic N) is 1. The average molecular weight is 309 g/mol. The van der Waals surface area contributed by atoms with Crippen LogP contribution in [0.25, 0.3) is 6.08 Å². The van der Waals surface area contributed by atoms with Gasteiger partial charge in [-0.15, -0.1) is 0 Å². The van der Waals surface area contributed by atoms with E-state index in [9.17, 15) is 19.5 Å². The van der Waals surface area contributed by atoms with E-state index in [2.05, 4.69) is 0 Å². The third-order valence-electron chi connectivity index (χ3n) is 3.44. The van der Waals surface area contributed by atoms with Crippen LogP contribution < -0.4 is 4.90 Å². The van der Waals surface area contributed by atoms with Crippen molar-refractivity contribution >= 4 is 29.5 Å². The van der Waals surface area contributed by atoms with E-state index in [1.165, 1.54) is 24.3 Å². The van der Waals surface area contributed by atoms with Crippen LogP contribution in [0.1, 0.15) is 26.3 Å². The Morgan fingerprint density at radius 2 is 1.61 bits per heavy atom. The monoisotopic (exact) mass is 309 g/mol. The second-order valence-corrected chi connectivity index (χ2v) is 4.94. The summed E-state index contributed by atoms with van der Waals surface area (Å²) in [5.74, 6) is -2.11. The Morgan fingerprint density at radius 3 is 2.26 bits per heavy atom. The third-order valence-corrected chi connectivity index (χ3v) is 3.44. The number of hydrogen-bond acceptors (Lipinski definition) is 4. The molecule has 2 aromatic rings. The topological polar surface area (TPSA) is 94.9 Å². The van der Waals surface area contributed by atoms with Crippen molar-refractivity contribution in [3.8, 4) is 5.75 Å². The van der Waals surface area contributed by atoms with Gasteiger partial charge in [0, 0.05) is 6.08 Å². The molecule has 2 amide bonds. The predicted octanol–water partition coefficient (Wildman–Crippen LogP) is 2.29. The second-order valence-electron chi connectivity index (χ2n) is 4.94. The second kappa shape index (κ2) is 5.42. The molecule has 0 aliphatic carbocycles. The molecule has 0 unspecified atom stereocenters. The van der Waals surface area contributed by atoms with E-state index >= 15 is 0 Å². The van der Waals surface area contributed by atoms with Crippen molar-refractivity contribution in [1.82, 2.24) is 0 Å². The van der Waals surface area contributed by atoms with Crippen LogP contribution >= 0.6 is 0 Å². The molecule has 23 heavy (non-hydrogen) atoms. The van der Waals surface area contributed by atoms with E-state index in [1.54, 1.807) is 24.3 Å². The molecule has 0 aromatic heterocycles. The molecule has 0 bridgehead atoms. The molecule has 114 valence electrons. The summed E-state index contributed by atoms with van der Waals surface area (Å²) >= 11 is 0. The molecule has 6 nitrogen and oxygen atoms in total. The maximum atomic E-state index is 12.4. The molecule has 2 aromatic carbocycles. The maximum absolute atomic E-state index is 12.4. The zero-order chi connectivity index (χ0) is 16.6. The van der Waals surface area contributed by atoms with Gasteiger partial charge in [0.15, 0.2) is 0 Å². The normalized spacial score (nSPS) is 13.7. The quantitative estimate of drug-likeness (QED) is 0.670. The van der Waals surface area contributed by atoms with Gasteiger partial charge in [0.1, 0.15) is 5.75 Å². The standard InChI is InChI=1S/C17H11NO5/c19-12-6-7-13-14(9-12)17(23)18(16(13)22)11-4-1-10(2-5-11)3-8-15(20)21/h1-9,19H,(H,20,21). The number of rotatable bonds is 3. The minimum absolute atomic E-state index is 0.0825. The zero-order valence-electron chi connectivity index (χ0n) is 11.8. The van der Waals surface area contributed by atoms with E-state index in [1.807, 2.05) is 0 Å². The van der Waals surface area contributed by atoms with Gasteiger partial charge < -0.3 is 10.2 Å². The fraction of sp³-hybridized carbons (Fsp3) is 0. The van der Waals surface area contributed by atoms with Crippen molar-refractivity contribution in [3.63, 3.8) is 0 Å². The van der Waals surface area contributed by atoms with Crippen LogP contribution in [-0.2, 0) is 4.79 Å². The number of phenols is 1. The predicted molar refractivity (Wildman–Crippen MR) is 82.4 cm³/mol. The van der Waals surface area contributed by atoms with E-state index < -0.39 is 17.8 Å². The summed E-state index contributed by atoms with van der Waals surface area (Å²) in [6.07, 6.45) is 2.41. The number of aromatic hydroxyl groups is 1. The first kappa shape index (κ1) is 14.5. The molecule has 6 heteroatoms. The summed E-state index contributed by atoms with van der Waals surface area (Å²) in [5.41, 5.74) is 1.40. The van der Waals surface area contributed by atoms with Gasteiger partial charge in [-0.3, -0.25) is 9.59 Å². The van der Waals surface area contributed by atoms with Crippen molar-refractivity contribution in [2.24, 2.45) is 0 Å². The third kappa shape index (κ3) is 2.57. The number of imide groups is 1. The number of fused-ring (bicyclic) bond motifs is 1. The Labute approximate surface area is 130 Å². The van der Waals surface area contributed by atoms with Gasteiger partial charge in [-0.25, -0.2) is 9.69 Å². The zero-order valence-corrected chi connectivity index (χ0v) is 11.8. The molecule has 2 N–H and O–H groups in total. The number of anilines is 1. The lowest BCUT2D eigenvalue weighted by Gasteiger charge is -2.13. The first-order valence-corrected chi connectivity index (χ1v) is 6.70. The number of aliphatic carboxylic acids is 1. The number of carboxylic acid groups (broad SMARTS) is 1. The van der Waals surface area contributed by atoms with Gasteiger partial charge >= 0.3 is 5.97 Å². The molecule has 0 radical (unpaired) electrons. The fourth-order valence-corrected chi connectivity index (χ4v) is 2.37. The van der Waals surface area contributed by atoms with Gasteiger partial charge in [-0.1, -0.05) is 12.1 Å². The minimum atomic E-state index is -1.06. The Bertz CT molecular complexity index is 852. The van der Waals surface area contributed by atoms with Crippen molar-refractivity contribution in [1.29, 1.82) is 0 Å². The average Bonchev–Trinajstić information content (AvgIpc) is 2.77. The lowest BCUT2D eigenvalue weighted by atomic mass is 10.1. The largest absolute Gasteiger partial charge is 0.508 e. The number of hydrogen-bond donors (Lipinski definition) is 2. The molecular weight excluding hydrogens is 298 g/mol. The summed E-state index contributed by atoms with van der Waals surface area (Å²) in [4.78, 5) is 36.2. The Morgan fingerprint density at radius 1 is 0.957 bits per heavy atom. The smallest absolute Gasteiger partial charge is 0.328 e. The van der Waals surface area contributed by atoms with Crippen LogP contribution in [0.3, 0.4) is 0 Å². The molecule has 0 spiro atoms. The molecule has 3 rings (SSSR count). The maximum Gasteiger partial charge on any atom is 0.328 e. The van der Waals surface area contributed by atoms with Gasteiger partial charge in [-0.2, -0.15) is 0 Å². The number of carbonyl (C=O) groups is 3. The number of phenolic OH excluding ortho intramolecular Hbond substituents is 1. The Hall–Kier alpha value is -3.41. The van der Waals surface area contributed by atoms with E-state index in [0.29, 0.717) is 11.3 Å². The SMILES string of the molecule is O=C(O)C=Cc1ccc(N2C(=O)c3ccc(O)cc3C2=O)cc1. The van der Waals surface area contributed by atoms with Crippen LogP contribution in [0.5, 0.6) is 5.75 Å². The summed E-state index contributed by atoms with van der Waals surface area (Å²) in [6.45, 7) is 0. The molecule has 1 aliphatic heterocycles. The minimum Gasteiger partial charge on any atom is -0.508 e. The summed E-state index contributed by atoms with van der Waals surface area (Å²) in [5, 5.41) is 18.0. The molecular formula is C17H11NO5. The van der Waals surface area contributed by atoms with Gasteiger partial charge in [0.25, 0.3) is 11.8 Å². The first-order chi connectivity index (χ1) is 11.0. The van der Waals surface area contributed by atoms with Gasteiger partial charge in [0.05, 0.1) is 16.8 Å². The van der Waals surface area contributed by atoms with E-state index in [0.717, 1.165) is 11.0 Å². The highest BCUT2D eigenvalue weighted by molar-refractivity contribution is 6.34. The molecule has 0 fully saturated rings. The number of carboxylic acids is 1. The van der Waals surface area contributed by atoms with E-state index in [4.69, 9.17) is 5.11 Å². The molecule has 0 atom stereocenters. The number of carbonyl (C=O) groups excluding carboxylic acids is 2. The summed E-state index contributed by atoms with van der Waals surface area (Å²) in [7, 11) is 0. The van der Waals surface area contributed by atoms with Gasteiger partial charge in [0.2, 0.25) is 0 Å². The van der Waals surface area contributed by atoms with E-state index in [-0.39, 0.29) is 16.9 Å². The Kier molecular flexibility index (Phi) is 3.42. The van der Waals surface area contributed by atoms with Crippen LogP contribution in [0.15, 0.2) is 48.5 Å². The van der Waals surface area contributed by atoms with Crippen LogP contribution in [0.2, 0.25) is 0 Å². The number of benzene rings is 2. The van der Waals surface area contributed by atoms with Crippen LogP contribution in [0.4, 0.5) is 5.69 Å². The van der Waals surface area contributed by atoms with Crippen molar-refractivity contribution in [3.05, 3.63) is 65.2 Å². The van der Waals surface area contributed by atoms with Crippen LogP contribution in [-0.4, -0.2) is 28.0 Å². The van der Waals surface area contributed by atoms with Crippen molar-refractivity contribution in [2.45, 2.75) is 0 Å². The fourth-order valence-electron chi connectivity index (χ4n) is 2.37. The number of amides is 2. The highest BCUT2D eigenvalue weighted by Crippen LogP contribution is 2.30. The van der Waals surface area contributed by atoms with Crippen molar-refractivity contribution < 1.29 is 24.6 Å². The Balaban J connectivity index is 1.93. The lowest BCUT2D eigenvalue weighted by molar-refractivity contribution is -0.131. The highest BCUT2D eigenvalue weighted by atomic mass is 16.4. The lowest BCUT2D eigenvalue weighted by Crippen LogP contribution is -2.29. The van der Waals surface area contributed by atoms with Gasteiger partial charge in [-0.05, 0) is 42.0 Å². The van der Waals surface area contributed by atoms with Crippen molar-refractivity contribution in [2.75, 3.05) is 4.90 Å². The molecule has 1 heterocycles. The summed E-state index contributed by atoms with van der Waals surface area (Å²) in [6, 6.07) is 10.4. The highest BCUT2D eigenvalue weighted by Gasteiger charge is 2.36. The molecule has 0 saturated heterocycles. The first-order valence-electron chi connectivity index (χ1n) is 6.70. The summed E-state index contributed by atoms with van der Waals surface area (Å²) < 4.78 is 0. The van der Waals surface area contributed by atoms with Crippen LogP contribution in [0, 0.1) is 0 Å². The molecule has 1 aliphatic rings.